The van der Waals surface area contributed by atoms with Gasteiger partial charge in [0, 0.05) is 12.1 Å². The van der Waals surface area contributed by atoms with Gasteiger partial charge >= 0.3 is 0 Å². The molecule has 1 amide bonds. The van der Waals surface area contributed by atoms with Crippen LogP contribution in [0, 0.1) is 11.8 Å². The van der Waals surface area contributed by atoms with E-state index in [1.165, 1.54) is 0 Å². The summed E-state index contributed by atoms with van der Waals surface area (Å²) >= 11 is 0. The third-order valence-corrected chi connectivity index (χ3v) is 3.43. The van der Waals surface area contributed by atoms with Crippen LogP contribution in [0.25, 0.3) is 0 Å². The van der Waals surface area contributed by atoms with Crippen LogP contribution in [0.5, 0.6) is 0 Å². The van der Waals surface area contributed by atoms with Crippen molar-refractivity contribution in [3.8, 4) is 0 Å². The van der Waals surface area contributed by atoms with Crippen LogP contribution < -0.4 is 10.6 Å². The molecular weight excluding hydrogens is 188 g/mol. The molecule has 0 aromatic heterocycles. The highest BCUT2D eigenvalue weighted by Crippen LogP contribution is 2.16. The average Bonchev–Trinajstić information content (AvgIpc) is 2.60. The second-order valence-electron chi connectivity index (χ2n) is 4.91. The summed E-state index contributed by atoms with van der Waals surface area (Å²) in [6.45, 7) is 9.50. The molecule has 3 atom stereocenters. The van der Waals surface area contributed by atoms with Crippen molar-refractivity contribution in [2.75, 3.05) is 6.54 Å². The summed E-state index contributed by atoms with van der Waals surface area (Å²) in [6.07, 6.45) is 1.99. The predicted molar refractivity (Wildman–Crippen MR) is 62.6 cm³/mol. The minimum atomic E-state index is 0.165. The largest absolute Gasteiger partial charge is 0.353 e. The molecule has 88 valence electrons. The van der Waals surface area contributed by atoms with Crippen LogP contribution in [0.15, 0.2) is 0 Å². The molecule has 0 aliphatic carbocycles. The fraction of sp³-hybridized carbons (Fsp3) is 0.917. The second-order valence-corrected chi connectivity index (χ2v) is 4.91. The lowest BCUT2D eigenvalue weighted by Gasteiger charge is -2.24. The number of rotatable bonds is 4. The van der Waals surface area contributed by atoms with E-state index in [-0.39, 0.29) is 11.8 Å². The van der Waals surface area contributed by atoms with Crippen LogP contribution in [-0.4, -0.2) is 24.5 Å². The lowest BCUT2D eigenvalue weighted by atomic mass is 9.97. The van der Waals surface area contributed by atoms with Crippen molar-refractivity contribution < 1.29 is 4.79 Å². The van der Waals surface area contributed by atoms with Gasteiger partial charge in [0.2, 0.25) is 5.91 Å². The van der Waals surface area contributed by atoms with Gasteiger partial charge in [-0.15, -0.1) is 0 Å². The van der Waals surface area contributed by atoms with Crippen molar-refractivity contribution in [3.05, 3.63) is 0 Å². The molecule has 0 saturated carbocycles. The Bertz CT molecular complexity index is 216. The average molecular weight is 212 g/mol. The molecule has 1 heterocycles. The summed E-state index contributed by atoms with van der Waals surface area (Å²) in [5.41, 5.74) is 0. The Morgan fingerprint density at radius 1 is 1.53 bits per heavy atom. The second kappa shape index (κ2) is 5.50. The van der Waals surface area contributed by atoms with E-state index in [1.807, 2.05) is 0 Å². The maximum absolute atomic E-state index is 12.0. The zero-order chi connectivity index (χ0) is 11.4. The van der Waals surface area contributed by atoms with Crippen LogP contribution in [0.4, 0.5) is 0 Å². The van der Waals surface area contributed by atoms with Gasteiger partial charge in [-0.2, -0.15) is 0 Å². The molecule has 0 radical (unpaired) electrons. The minimum absolute atomic E-state index is 0.165. The van der Waals surface area contributed by atoms with Crippen LogP contribution in [0.2, 0.25) is 0 Å². The molecule has 3 heteroatoms. The van der Waals surface area contributed by atoms with Crippen molar-refractivity contribution >= 4 is 5.91 Å². The molecule has 0 aromatic carbocycles. The maximum Gasteiger partial charge on any atom is 0.224 e. The number of hydrogen-bond acceptors (Lipinski definition) is 2. The predicted octanol–water partition coefficient (Wildman–Crippen LogP) is 1.54. The monoisotopic (exact) mass is 212 g/mol. The molecule has 1 rings (SSSR count). The summed E-state index contributed by atoms with van der Waals surface area (Å²) in [5.74, 6) is 0.912. The minimum Gasteiger partial charge on any atom is -0.353 e. The van der Waals surface area contributed by atoms with E-state index < -0.39 is 0 Å². The van der Waals surface area contributed by atoms with Crippen LogP contribution in [0.3, 0.4) is 0 Å². The summed E-state index contributed by atoms with van der Waals surface area (Å²) in [5, 5.41) is 6.47. The first kappa shape index (κ1) is 12.5. The van der Waals surface area contributed by atoms with Crippen LogP contribution >= 0.6 is 0 Å². The van der Waals surface area contributed by atoms with Crippen molar-refractivity contribution in [1.29, 1.82) is 0 Å². The Morgan fingerprint density at radius 3 is 2.60 bits per heavy atom. The zero-order valence-corrected chi connectivity index (χ0v) is 10.3. The Hall–Kier alpha value is -0.570. The summed E-state index contributed by atoms with van der Waals surface area (Å²) in [6, 6.07) is 0.653. The van der Waals surface area contributed by atoms with Gasteiger partial charge < -0.3 is 10.6 Å². The van der Waals surface area contributed by atoms with Gasteiger partial charge in [-0.1, -0.05) is 20.8 Å². The number of nitrogens with one attached hydrogen (secondary N) is 2. The molecule has 15 heavy (non-hydrogen) atoms. The molecule has 1 saturated heterocycles. The number of carbonyl (C=O) groups is 1. The number of amides is 1. The van der Waals surface area contributed by atoms with Gasteiger partial charge in [0.25, 0.3) is 0 Å². The Morgan fingerprint density at radius 2 is 2.20 bits per heavy atom. The standard InChI is InChI=1S/C12H24N2O/c1-5-11(8(2)3)14-12(15)10-6-7-13-9(10)4/h8-11,13H,5-7H2,1-4H3,(H,14,15). The fourth-order valence-corrected chi connectivity index (χ4v) is 2.25. The smallest absolute Gasteiger partial charge is 0.224 e. The molecule has 1 fully saturated rings. The molecular formula is C12H24N2O. The fourth-order valence-electron chi connectivity index (χ4n) is 2.25. The zero-order valence-electron chi connectivity index (χ0n) is 10.3. The summed E-state index contributed by atoms with van der Waals surface area (Å²) < 4.78 is 0. The topological polar surface area (TPSA) is 41.1 Å². The van der Waals surface area contributed by atoms with Gasteiger partial charge in [0.1, 0.15) is 0 Å². The Labute approximate surface area is 93.0 Å². The van der Waals surface area contributed by atoms with E-state index in [9.17, 15) is 4.79 Å². The highest BCUT2D eigenvalue weighted by molar-refractivity contribution is 5.80. The van der Waals surface area contributed by atoms with Gasteiger partial charge in [0.05, 0.1) is 5.92 Å². The quantitative estimate of drug-likeness (QED) is 0.742. The van der Waals surface area contributed by atoms with Crippen LogP contribution in [0.1, 0.15) is 40.5 Å². The van der Waals surface area contributed by atoms with Gasteiger partial charge in [-0.25, -0.2) is 0 Å². The molecule has 2 N–H and O–H groups in total. The third kappa shape index (κ3) is 3.20. The van der Waals surface area contributed by atoms with Gasteiger partial charge in [-0.05, 0) is 32.2 Å². The van der Waals surface area contributed by atoms with Crippen molar-refractivity contribution in [3.63, 3.8) is 0 Å². The van der Waals surface area contributed by atoms with Crippen molar-refractivity contribution in [1.82, 2.24) is 10.6 Å². The van der Waals surface area contributed by atoms with Gasteiger partial charge in [-0.3, -0.25) is 4.79 Å². The van der Waals surface area contributed by atoms with E-state index in [4.69, 9.17) is 0 Å². The summed E-state index contributed by atoms with van der Waals surface area (Å²) in [7, 11) is 0. The van der Waals surface area contributed by atoms with E-state index in [1.54, 1.807) is 0 Å². The Balaban J connectivity index is 2.46. The van der Waals surface area contributed by atoms with E-state index in [2.05, 4.69) is 38.3 Å². The molecule has 1 aliphatic heterocycles. The van der Waals surface area contributed by atoms with E-state index in [0.717, 1.165) is 19.4 Å². The molecule has 3 unspecified atom stereocenters. The van der Waals surface area contributed by atoms with Crippen molar-refractivity contribution in [2.24, 2.45) is 11.8 Å². The molecule has 0 bridgehead atoms. The third-order valence-electron chi connectivity index (χ3n) is 3.43. The molecule has 0 aromatic rings. The Kier molecular flexibility index (Phi) is 4.58. The van der Waals surface area contributed by atoms with E-state index >= 15 is 0 Å². The maximum atomic E-state index is 12.0. The summed E-state index contributed by atoms with van der Waals surface area (Å²) in [4.78, 5) is 12.0. The molecule has 3 nitrogen and oxygen atoms in total. The highest BCUT2D eigenvalue weighted by atomic mass is 16.2. The SMILES string of the molecule is CCC(NC(=O)C1CCNC1C)C(C)C. The molecule has 1 aliphatic rings. The first-order valence-corrected chi connectivity index (χ1v) is 6.10. The molecule has 0 spiro atoms. The van der Waals surface area contributed by atoms with E-state index in [0.29, 0.717) is 18.0 Å². The lowest BCUT2D eigenvalue weighted by Crippen LogP contribution is -2.44. The first-order chi connectivity index (χ1) is 7.06. The van der Waals surface area contributed by atoms with Gasteiger partial charge in [0.15, 0.2) is 0 Å². The number of hydrogen-bond donors (Lipinski definition) is 2. The van der Waals surface area contributed by atoms with Crippen LogP contribution in [-0.2, 0) is 4.79 Å². The highest BCUT2D eigenvalue weighted by Gasteiger charge is 2.30. The number of carbonyl (C=O) groups excluding carboxylic acids is 1. The first-order valence-electron chi connectivity index (χ1n) is 6.10. The lowest BCUT2D eigenvalue weighted by molar-refractivity contribution is -0.126. The normalized spacial score (nSPS) is 28.1. The van der Waals surface area contributed by atoms with Crippen molar-refractivity contribution in [2.45, 2.75) is 52.6 Å².